The van der Waals surface area contributed by atoms with E-state index in [0.717, 1.165) is 42.4 Å². The number of hydrogen-bond acceptors (Lipinski definition) is 2. The Bertz CT molecular complexity index is 674. The molecule has 1 unspecified atom stereocenters. The van der Waals surface area contributed by atoms with Crippen LogP contribution in [0.1, 0.15) is 78.6 Å². The van der Waals surface area contributed by atoms with E-state index >= 15 is 0 Å². The minimum Gasteiger partial charge on any atom is -0.393 e. The van der Waals surface area contributed by atoms with Gasteiger partial charge in [0.1, 0.15) is 0 Å². The van der Waals surface area contributed by atoms with E-state index in [1.165, 1.54) is 58.0 Å². The zero-order valence-electron chi connectivity index (χ0n) is 18.3. The van der Waals surface area contributed by atoms with Crippen LogP contribution in [0.2, 0.25) is 0 Å². The molecule has 0 amide bonds. The van der Waals surface area contributed by atoms with Crippen molar-refractivity contribution in [1.82, 2.24) is 5.32 Å². The maximum atomic E-state index is 10.3. The molecular formula is C26H41NO. The van der Waals surface area contributed by atoms with Gasteiger partial charge < -0.3 is 10.4 Å². The number of allylic oxidation sites excluding steroid dienone is 2. The van der Waals surface area contributed by atoms with Gasteiger partial charge in [0.25, 0.3) is 0 Å². The molecule has 5 rings (SSSR count). The van der Waals surface area contributed by atoms with E-state index in [-0.39, 0.29) is 6.10 Å². The van der Waals surface area contributed by atoms with E-state index in [1.54, 1.807) is 5.57 Å². The molecule has 2 saturated carbocycles. The van der Waals surface area contributed by atoms with Crippen molar-refractivity contribution in [3.05, 3.63) is 23.3 Å². The summed E-state index contributed by atoms with van der Waals surface area (Å²) in [7, 11) is 0. The van der Waals surface area contributed by atoms with Crippen molar-refractivity contribution in [1.29, 1.82) is 0 Å². The first kappa shape index (κ1) is 19.4. The lowest BCUT2D eigenvalue weighted by atomic mass is 9.45. The van der Waals surface area contributed by atoms with Crippen LogP contribution < -0.4 is 5.32 Å². The number of piperidine rings is 1. The van der Waals surface area contributed by atoms with Crippen molar-refractivity contribution in [2.24, 2.45) is 40.4 Å². The summed E-state index contributed by atoms with van der Waals surface area (Å²) in [5, 5.41) is 14.0. The number of rotatable bonds is 2. The second-order valence-electron chi connectivity index (χ2n) is 11.3. The van der Waals surface area contributed by atoms with Gasteiger partial charge in [0, 0.05) is 6.54 Å². The van der Waals surface area contributed by atoms with Crippen LogP contribution >= 0.6 is 0 Å². The Balaban J connectivity index is 1.48. The molecule has 2 heteroatoms. The average molecular weight is 384 g/mol. The van der Waals surface area contributed by atoms with Crippen molar-refractivity contribution in [2.75, 3.05) is 13.1 Å². The number of aliphatic hydroxyl groups excluding tert-OH is 1. The summed E-state index contributed by atoms with van der Waals surface area (Å²) in [6, 6.07) is 0. The zero-order chi connectivity index (χ0) is 19.5. The van der Waals surface area contributed by atoms with Gasteiger partial charge in [0.15, 0.2) is 0 Å². The lowest BCUT2D eigenvalue weighted by molar-refractivity contribution is -0.0540. The Kier molecular flexibility index (Phi) is 4.83. The lowest BCUT2D eigenvalue weighted by Gasteiger charge is -2.60. The maximum absolute atomic E-state index is 10.3. The molecular weight excluding hydrogens is 342 g/mol. The van der Waals surface area contributed by atoms with Crippen molar-refractivity contribution in [3.63, 3.8) is 0 Å². The lowest BCUT2D eigenvalue weighted by Crippen LogP contribution is -2.53. The van der Waals surface area contributed by atoms with E-state index in [4.69, 9.17) is 0 Å². The highest BCUT2D eigenvalue weighted by atomic mass is 16.3. The first-order valence-electron chi connectivity index (χ1n) is 12.3. The third-order valence-electron chi connectivity index (χ3n) is 10.1. The molecule has 8 atom stereocenters. The zero-order valence-corrected chi connectivity index (χ0v) is 18.3. The predicted molar refractivity (Wildman–Crippen MR) is 116 cm³/mol. The normalized spacial score (nSPS) is 50.9. The van der Waals surface area contributed by atoms with Crippen LogP contribution in [0.4, 0.5) is 0 Å². The van der Waals surface area contributed by atoms with Gasteiger partial charge in [-0.25, -0.2) is 0 Å². The van der Waals surface area contributed by atoms with Gasteiger partial charge in [-0.05, 0) is 105 Å². The number of aliphatic hydroxyl groups is 1. The SMILES string of the molecule is CC[C@H]1C=C2C[C@H](O)CC[C@]2(C)[C@H]2CC[C@]3(C)C(C4CCCNC4)=CC[C@H]3[C@H]12. The van der Waals surface area contributed by atoms with E-state index in [2.05, 4.69) is 38.2 Å². The van der Waals surface area contributed by atoms with Crippen LogP contribution in [0.3, 0.4) is 0 Å². The summed E-state index contributed by atoms with van der Waals surface area (Å²) in [4.78, 5) is 0. The van der Waals surface area contributed by atoms with Gasteiger partial charge in [-0.15, -0.1) is 0 Å². The van der Waals surface area contributed by atoms with Crippen LogP contribution in [0, 0.1) is 40.4 Å². The third kappa shape index (κ3) is 2.73. The Morgan fingerprint density at radius 2 is 1.93 bits per heavy atom. The molecule has 0 spiro atoms. The van der Waals surface area contributed by atoms with E-state index in [0.29, 0.717) is 10.8 Å². The molecule has 1 heterocycles. The van der Waals surface area contributed by atoms with Crippen LogP contribution in [0.25, 0.3) is 0 Å². The Labute approximate surface area is 172 Å². The summed E-state index contributed by atoms with van der Waals surface area (Å²) in [5.41, 5.74) is 4.24. The van der Waals surface area contributed by atoms with Crippen molar-refractivity contribution in [2.45, 2.75) is 84.7 Å². The molecule has 0 aromatic carbocycles. The van der Waals surface area contributed by atoms with Gasteiger partial charge in [-0.2, -0.15) is 0 Å². The standard InChI is InChI=1S/C26H41NO/c1-4-17-14-19-15-20(28)9-11-25(19,2)23-10-12-26(3)21(7-8-22(26)24(17)23)18-6-5-13-27-16-18/h7,14,17-18,20,22-24,27-28H,4-6,8-13,15-16H2,1-3H3/t17-,18?,20+,22-,23-,24-,25-,26+/m0/s1. The first-order chi connectivity index (χ1) is 13.5. The molecule has 2 nitrogen and oxygen atoms in total. The molecule has 4 aliphatic carbocycles. The van der Waals surface area contributed by atoms with Crippen molar-refractivity contribution in [3.8, 4) is 0 Å². The number of fused-ring (bicyclic) bond motifs is 5. The fourth-order valence-electron chi connectivity index (χ4n) is 8.55. The van der Waals surface area contributed by atoms with E-state index < -0.39 is 0 Å². The topological polar surface area (TPSA) is 32.3 Å². The van der Waals surface area contributed by atoms with E-state index in [1.807, 2.05) is 5.57 Å². The Hall–Kier alpha value is -0.600. The van der Waals surface area contributed by atoms with Gasteiger partial charge in [-0.3, -0.25) is 0 Å². The molecule has 156 valence electrons. The highest BCUT2D eigenvalue weighted by molar-refractivity contribution is 5.32. The summed E-state index contributed by atoms with van der Waals surface area (Å²) in [6.07, 6.45) is 16.5. The predicted octanol–water partition coefficient (Wildman–Crippen LogP) is 5.48. The largest absolute Gasteiger partial charge is 0.393 e. The molecule has 0 aromatic heterocycles. The van der Waals surface area contributed by atoms with Gasteiger partial charge >= 0.3 is 0 Å². The number of hydrogen-bond donors (Lipinski definition) is 2. The van der Waals surface area contributed by atoms with Crippen molar-refractivity contribution < 1.29 is 5.11 Å². The minimum absolute atomic E-state index is 0.0965. The molecule has 28 heavy (non-hydrogen) atoms. The molecule has 0 aromatic rings. The second kappa shape index (κ2) is 6.98. The Morgan fingerprint density at radius 3 is 2.68 bits per heavy atom. The molecule has 1 saturated heterocycles. The monoisotopic (exact) mass is 383 g/mol. The van der Waals surface area contributed by atoms with Crippen LogP contribution in [-0.2, 0) is 0 Å². The van der Waals surface area contributed by atoms with Gasteiger partial charge in [0.05, 0.1) is 6.10 Å². The minimum atomic E-state index is -0.0965. The first-order valence-corrected chi connectivity index (χ1v) is 12.3. The quantitative estimate of drug-likeness (QED) is 0.619. The van der Waals surface area contributed by atoms with Gasteiger partial charge in [0.2, 0.25) is 0 Å². The third-order valence-corrected chi connectivity index (χ3v) is 10.1. The second-order valence-corrected chi connectivity index (χ2v) is 11.3. The summed E-state index contributed by atoms with van der Waals surface area (Å²) >= 11 is 0. The molecule has 5 aliphatic rings. The van der Waals surface area contributed by atoms with Crippen LogP contribution in [-0.4, -0.2) is 24.3 Å². The number of nitrogens with one attached hydrogen (secondary N) is 1. The van der Waals surface area contributed by atoms with E-state index in [9.17, 15) is 5.11 Å². The maximum Gasteiger partial charge on any atom is 0.0577 e. The average Bonchev–Trinajstić information content (AvgIpc) is 3.06. The highest BCUT2D eigenvalue weighted by Gasteiger charge is 2.59. The summed E-state index contributed by atoms with van der Waals surface area (Å²) in [6.45, 7) is 10.0. The van der Waals surface area contributed by atoms with Gasteiger partial charge in [-0.1, -0.05) is 44.1 Å². The molecule has 1 aliphatic heterocycles. The molecule has 3 fully saturated rings. The van der Waals surface area contributed by atoms with Crippen molar-refractivity contribution >= 4 is 0 Å². The fraction of sp³-hybridized carbons (Fsp3) is 0.846. The fourth-order valence-corrected chi connectivity index (χ4v) is 8.55. The highest BCUT2D eigenvalue weighted by Crippen LogP contribution is 2.67. The summed E-state index contributed by atoms with van der Waals surface area (Å²) in [5.74, 6) is 4.03. The molecule has 0 bridgehead atoms. The summed E-state index contributed by atoms with van der Waals surface area (Å²) < 4.78 is 0. The van der Waals surface area contributed by atoms with Crippen LogP contribution in [0.5, 0.6) is 0 Å². The molecule has 0 radical (unpaired) electrons. The Morgan fingerprint density at radius 1 is 1.11 bits per heavy atom. The molecule has 2 N–H and O–H groups in total. The smallest absolute Gasteiger partial charge is 0.0577 e. The van der Waals surface area contributed by atoms with Crippen LogP contribution in [0.15, 0.2) is 23.3 Å².